The van der Waals surface area contributed by atoms with Crippen LogP contribution in [0.15, 0.2) is 18.2 Å². The van der Waals surface area contributed by atoms with Crippen molar-refractivity contribution < 1.29 is 13.2 Å². The molecule has 1 aliphatic carbocycles. The van der Waals surface area contributed by atoms with Crippen LogP contribution in [0.3, 0.4) is 0 Å². The second-order valence-electron chi connectivity index (χ2n) is 5.74. The SMILES string of the molecule is CS(=O)(=O)N(CCC(=O)NC1CC1)CCc1ccc(Cl)cc1Cl. The lowest BCUT2D eigenvalue weighted by Gasteiger charge is -2.20. The van der Waals surface area contributed by atoms with Gasteiger partial charge in [0.15, 0.2) is 0 Å². The van der Waals surface area contributed by atoms with Crippen LogP contribution in [0.2, 0.25) is 10.0 Å². The molecule has 0 aromatic heterocycles. The fourth-order valence-electron chi connectivity index (χ4n) is 2.17. The predicted octanol–water partition coefficient (Wildman–Crippen LogP) is 2.47. The molecule has 0 atom stereocenters. The summed E-state index contributed by atoms with van der Waals surface area (Å²) in [4.78, 5) is 11.7. The molecule has 0 unspecified atom stereocenters. The highest BCUT2D eigenvalue weighted by atomic mass is 35.5. The molecule has 5 nitrogen and oxygen atoms in total. The van der Waals surface area contributed by atoms with Crippen molar-refractivity contribution in [3.8, 4) is 0 Å². The molecule has 0 aliphatic heterocycles. The lowest BCUT2D eigenvalue weighted by Crippen LogP contribution is -2.36. The molecule has 1 fully saturated rings. The van der Waals surface area contributed by atoms with Crippen LogP contribution in [0.25, 0.3) is 0 Å². The Balaban J connectivity index is 1.91. The van der Waals surface area contributed by atoms with Gasteiger partial charge in [-0.2, -0.15) is 0 Å². The van der Waals surface area contributed by atoms with Crippen molar-refractivity contribution >= 4 is 39.1 Å². The summed E-state index contributed by atoms with van der Waals surface area (Å²) in [7, 11) is -3.38. The minimum atomic E-state index is -3.38. The molecule has 1 saturated carbocycles. The molecule has 1 amide bonds. The summed E-state index contributed by atoms with van der Waals surface area (Å²) in [6.07, 6.45) is 3.80. The molecule has 2 rings (SSSR count). The molecule has 0 saturated heterocycles. The highest BCUT2D eigenvalue weighted by molar-refractivity contribution is 7.88. The molecule has 0 radical (unpaired) electrons. The van der Waals surface area contributed by atoms with Crippen LogP contribution in [0, 0.1) is 0 Å². The molecule has 128 valence electrons. The van der Waals surface area contributed by atoms with E-state index in [1.807, 2.05) is 0 Å². The number of nitrogens with one attached hydrogen (secondary N) is 1. The summed E-state index contributed by atoms with van der Waals surface area (Å²) >= 11 is 12.0. The lowest BCUT2D eigenvalue weighted by atomic mass is 10.1. The molecule has 0 spiro atoms. The normalized spacial score (nSPS) is 15.0. The van der Waals surface area contributed by atoms with E-state index in [2.05, 4.69) is 5.32 Å². The van der Waals surface area contributed by atoms with Crippen LogP contribution in [-0.4, -0.2) is 44.0 Å². The summed E-state index contributed by atoms with van der Waals surface area (Å²) in [6.45, 7) is 0.444. The van der Waals surface area contributed by atoms with Crippen LogP contribution in [0.4, 0.5) is 0 Å². The van der Waals surface area contributed by atoms with Crippen LogP contribution < -0.4 is 5.32 Å². The first-order valence-electron chi connectivity index (χ1n) is 7.44. The third kappa shape index (κ3) is 6.30. The molecular weight excluding hydrogens is 359 g/mol. The number of nitrogens with zero attached hydrogens (tertiary/aromatic N) is 1. The van der Waals surface area contributed by atoms with Gasteiger partial charge in [-0.1, -0.05) is 29.3 Å². The summed E-state index contributed by atoms with van der Waals surface area (Å²) < 4.78 is 25.1. The Morgan fingerprint density at radius 2 is 2.00 bits per heavy atom. The standard InChI is InChI=1S/C15H20Cl2N2O3S/c1-23(21,22)19(9-7-15(20)18-13-4-5-13)8-6-11-2-3-12(16)10-14(11)17/h2-3,10,13H,4-9H2,1H3,(H,18,20). The third-order valence-corrected chi connectivity index (χ3v) is 5.54. The quantitative estimate of drug-likeness (QED) is 0.755. The van der Waals surface area contributed by atoms with Crippen molar-refractivity contribution in [2.45, 2.75) is 31.7 Å². The van der Waals surface area contributed by atoms with Gasteiger partial charge in [-0.05, 0) is 37.0 Å². The number of hydrogen-bond donors (Lipinski definition) is 1. The number of carbonyl (C=O) groups is 1. The average molecular weight is 379 g/mol. The Morgan fingerprint density at radius 1 is 1.30 bits per heavy atom. The summed E-state index contributed by atoms with van der Waals surface area (Å²) in [5, 5.41) is 3.90. The van der Waals surface area contributed by atoms with E-state index in [-0.39, 0.29) is 31.5 Å². The Hall–Kier alpha value is -0.820. The molecule has 1 aromatic carbocycles. The predicted molar refractivity (Wildman–Crippen MR) is 92.4 cm³/mol. The fourth-order valence-corrected chi connectivity index (χ4v) is 3.52. The Kier molecular flexibility index (Phi) is 6.31. The molecule has 0 bridgehead atoms. The largest absolute Gasteiger partial charge is 0.353 e. The number of halogens is 2. The maximum Gasteiger partial charge on any atom is 0.221 e. The van der Waals surface area contributed by atoms with Crippen molar-refractivity contribution in [1.29, 1.82) is 0 Å². The van der Waals surface area contributed by atoms with Gasteiger partial charge in [0, 0.05) is 35.6 Å². The van der Waals surface area contributed by atoms with Crippen molar-refractivity contribution in [2.75, 3.05) is 19.3 Å². The van der Waals surface area contributed by atoms with Crippen LogP contribution in [0.5, 0.6) is 0 Å². The number of benzene rings is 1. The number of hydrogen-bond acceptors (Lipinski definition) is 3. The number of amides is 1. The zero-order valence-electron chi connectivity index (χ0n) is 12.9. The molecular formula is C15H20Cl2N2O3S. The number of sulfonamides is 1. The third-order valence-electron chi connectivity index (χ3n) is 3.65. The Labute approximate surface area is 147 Å². The first kappa shape index (κ1) is 18.5. The van der Waals surface area contributed by atoms with E-state index in [9.17, 15) is 13.2 Å². The fraction of sp³-hybridized carbons (Fsp3) is 0.533. The van der Waals surface area contributed by atoms with E-state index >= 15 is 0 Å². The van der Waals surface area contributed by atoms with Gasteiger partial charge in [0.2, 0.25) is 15.9 Å². The van der Waals surface area contributed by atoms with E-state index in [4.69, 9.17) is 23.2 Å². The van der Waals surface area contributed by atoms with Gasteiger partial charge in [-0.15, -0.1) is 0 Å². The lowest BCUT2D eigenvalue weighted by molar-refractivity contribution is -0.121. The average Bonchev–Trinajstić information content (AvgIpc) is 3.23. The second kappa shape index (κ2) is 7.83. The molecule has 1 aromatic rings. The van der Waals surface area contributed by atoms with Gasteiger partial charge < -0.3 is 5.32 Å². The van der Waals surface area contributed by atoms with E-state index < -0.39 is 10.0 Å². The van der Waals surface area contributed by atoms with Gasteiger partial charge in [0.1, 0.15) is 0 Å². The van der Waals surface area contributed by atoms with Crippen LogP contribution >= 0.6 is 23.2 Å². The smallest absolute Gasteiger partial charge is 0.221 e. The second-order valence-corrected chi connectivity index (χ2v) is 8.57. The van der Waals surface area contributed by atoms with Gasteiger partial charge >= 0.3 is 0 Å². The number of carbonyl (C=O) groups excluding carboxylic acids is 1. The highest BCUT2D eigenvalue weighted by Crippen LogP contribution is 2.22. The van der Waals surface area contributed by atoms with Gasteiger partial charge in [-0.3, -0.25) is 4.79 Å². The highest BCUT2D eigenvalue weighted by Gasteiger charge is 2.24. The molecule has 1 N–H and O–H groups in total. The van der Waals surface area contributed by atoms with Crippen LogP contribution in [0.1, 0.15) is 24.8 Å². The van der Waals surface area contributed by atoms with Gasteiger partial charge in [0.25, 0.3) is 0 Å². The first-order chi connectivity index (χ1) is 10.8. The van der Waals surface area contributed by atoms with Gasteiger partial charge in [0.05, 0.1) is 6.26 Å². The molecule has 1 aliphatic rings. The molecule has 0 heterocycles. The molecule has 23 heavy (non-hydrogen) atoms. The zero-order valence-corrected chi connectivity index (χ0v) is 15.2. The minimum absolute atomic E-state index is 0.106. The van der Waals surface area contributed by atoms with Crippen LogP contribution in [-0.2, 0) is 21.2 Å². The Morgan fingerprint density at radius 3 is 2.57 bits per heavy atom. The topological polar surface area (TPSA) is 66.5 Å². The van der Waals surface area contributed by atoms with Gasteiger partial charge in [-0.25, -0.2) is 12.7 Å². The summed E-state index contributed by atoms with van der Waals surface area (Å²) in [6, 6.07) is 5.41. The minimum Gasteiger partial charge on any atom is -0.353 e. The van der Waals surface area contributed by atoms with Crippen molar-refractivity contribution in [2.24, 2.45) is 0 Å². The monoisotopic (exact) mass is 378 g/mol. The Bertz CT molecular complexity index is 675. The van der Waals surface area contributed by atoms with E-state index in [0.29, 0.717) is 16.5 Å². The van der Waals surface area contributed by atoms with E-state index in [1.165, 1.54) is 4.31 Å². The first-order valence-corrected chi connectivity index (χ1v) is 10.0. The number of rotatable bonds is 8. The summed E-state index contributed by atoms with van der Waals surface area (Å²) in [5.74, 6) is -0.106. The maximum absolute atomic E-state index is 11.9. The van der Waals surface area contributed by atoms with Crippen molar-refractivity contribution in [1.82, 2.24) is 9.62 Å². The summed E-state index contributed by atoms with van der Waals surface area (Å²) in [5.41, 5.74) is 0.826. The zero-order chi connectivity index (χ0) is 17.0. The van der Waals surface area contributed by atoms with E-state index in [1.54, 1.807) is 18.2 Å². The van der Waals surface area contributed by atoms with Crippen molar-refractivity contribution in [3.05, 3.63) is 33.8 Å². The maximum atomic E-state index is 11.9. The molecule has 8 heteroatoms. The van der Waals surface area contributed by atoms with E-state index in [0.717, 1.165) is 24.7 Å². The van der Waals surface area contributed by atoms with Crippen molar-refractivity contribution in [3.63, 3.8) is 0 Å².